The smallest absolute Gasteiger partial charge is 0.243 e. The molecular formula is C26H34N4O4S. The Morgan fingerprint density at radius 3 is 2.49 bits per heavy atom. The van der Waals surface area contributed by atoms with Crippen molar-refractivity contribution in [3.05, 3.63) is 47.8 Å². The van der Waals surface area contributed by atoms with E-state index in [4.69, 9.17) is 0 Å². The summed E-state index contributed by atoms with van der Waals surface area (Å²) in [5, 5.41) is 13.0. The Balaban J connectivity index is 1.48. The number of nitrogens with zero attached hydrogens (tertiary/aromatic N) is 3. The number of imidazole rings is 1. The maximum absolute atomic E-state index is 13.0. The van der Waals surface area contributed by atoms with Crippen molar-refractivity contribution in [3.8, 4) is 5.75 Å². The van der Waals surface area contributed by atoms with Gasteiger partial charge in [-0.15, -0.1) is 0 Å². The zero-order chi connectivity index (χ0) is 25.4. The van der Waals surface area contributed by atoms with Crippen molar-refractivity contribution < 1.29 is 18.3 Å². The van der Waals surface area contributed by atoms with Crippen LogP contribution in [0, 0.1) is 0 Å². The van der Waals surface area contributed by atoms with Gasteiger partial charge in [0, 0.05) is 33.0 Å². The maximum Gasteiger partial charge on any atom is 0.243 e. The van der Waals surface area contributed by atoms with Crippen molar-refractivity contribution in [3.63, 3.8) is 0 Å². The third-order valence-electron chi connectivity index (χ3n) is 6.61. The molecule has 1 saturated heterocycles. The number of anilines is 1. The van der Waals surface area contributed by atoms with Crippen molar-refractivity contribution in [1.29, 1.82) is 0 Å². The van der Waals surface area contributed by atoms with Gasteiger partial charge in [-0.1, -0.05) is 33.3 Å². The van der Waals surface area contributed by atoms with Crippen LogP contribution in [0.25, 0.3) is 11.0 Å². The predicted molar refractivity (Wildman–Crippen MR) is 137 cm³/mol. The fourth-order valence-electron chi connectivity index (χ4n) is 4.41. The first-order valence-corrected chi connectivity index (χ1v) is 13.5. The number of fused-ring (bicyclic) bond motifs is 1. The molecule has 4 rings (SSSR count). The summed E-state index contributed by atoms with van der Waals surface area (Å²) in [6.45, 7) is 7.31. The van der Waals surface area contributed by atoms with E-state index in [1.54, 1.807) is 34.6 Å². The van der Waals surface area contributed by atoms with Crippen LogP contribution in [-0.4, -0.2) is 46.4 Å². The van der Waals surface area contributed by atoms with Crippen LogP contribution < -0.4 is 5.32 Å². The second-order valence-corrected chi connectivity index (χ2v) is 12.2. The van der Waals surface area contributed by atoms with E-state index >= 15 is 0 Å². The number of rotatable bonds is 6. The summed E-state index contributed by atoms with van der Waals surface area (Å²) in [5.41, 5.74) is 2.70. The molecule has 2 N–H and O–H groups in total. The molecular weight excluding hydrogens is 464 g/mol. The summed E-state index contributed by atoms with van der Waals surface area (Å²) in [6.07, 6.45) is 3.38. The van der Waals surface area contributed by atoms with Crippen molar-refractivity contribution in [1.82, 2.24) is 13.9 Å². The minimum absolute atomic E-state index is 0.0246. The van der Waals surface area contributed by atoms with E-state index < -0.39 is 10.0 Å². The van der Waals surface area contributed by atoms with Crippen LogP contribution in [0.3, 0.4) is 0 Å². The van der Waals surface area contributed by atoms with Gasteiger partial charge in [0.05, 0.1) is 21.6 Å². The Morgan fingerprint density at radius 1 is 1.09 bits per heavy atom. The molecule has 0 atom stereocenters. The lowest BCUT2D eigenvalue weighted by atomic mass is 9.87. The van der Waals surface area contributed by atoms with E-state index in [1.807, 2.05) is 17.7 Å². The van der Waals surface area contributed by atoms with Crippen LogP contribution in [0.4, 0.5) is 5.69 Å². The first-order valence-electron chi connectivity index (χ1n) is 12.1. The molecule has 1 aromatic heterocycles. The van der Waals surface area contributed by atoms with Gasteiger partial charge in [0.25, 0.3) is 0 Å². The van der Waals surface area contributed by atoms with Crippen LogP contribution >= 0.6 is 0 Å². The average molecular weight is 499 g/mol. The first kappa shape index (κ1) is 25.2. The van der Waals surface area contributed by atoms with E-state index in [2.05, 4.69) is 31.1 Å². The number of phenols is 1. The third-order valence-corrected chi connectivity index (χ3v) is 8.50. The van der Waals surface area contributed by atoms with Gasteiger partial charge in [-0.3, -0.25) is 4.79 Å². The fraction of sp³-hybridized carbons (Fsp3) is 0.462. The normalized spacial score (nSPS) is 15.4. The standard InChI is InChI=1S/C26H34N4O4S/c1-26(2,3)18-8-11-23(31)21(16-18)28-25(32)13-12-24-27-20-17-19(9-10-22(20)29(24)4)35(33,34)30-14-6-5-7-15-30/h8-11,16-17,31H,5-7,12-15H2,1-4H3,(H,28,32). The number of aromatic hydroxyl groups is 1. The van der Waals surface area contributed by atoms with Crippen molar-refractivity contribution in [2.45, 2.75) is 63.2 Å². The number of aromatic nitrogens is 2. The number of nitrogens with one attached hydrogen (secondary N) is 1. The number of hydrogen-bond donors (Lipinski definition) is 2. The molecule has 0 spiro atoms. The minimum Gasteiger partial charge on any atom is -0.506 e. The molecule has 188 valence electrons. The van der Waals surface area contributed by atoms with Gasteiger partial charge in [0.1, 0.15) is 11.6 Å². The number of sulfonamides is 1. The van der Waals surface area contributed by atoms with Crippen LogP contribution in [0.15, 0.2) is 41.3 Å². The van der Waals surface area contributed by atoms with Crippen molar-refractivity contribution in [2.75, 3.05) is 18.4 Å². The molecule has 8 nitrogen and oxygen atoms in total. The zero-order valence-electron chi connectivity index (χ0n) is 20.8. The highest BCUT2D eigenvalue weighted by molar-refractivity contribution is 7.89. The second-order valence-electron chi connectivity index (χ2n) is 10.2. The molecule has 9 heteroatoms. The van der Waals surface area contributed by atoms with E-state index in [0.29, 0.717) is 36.5 Å². The minimum atomic E-state index is -3.54. The van der Waals surface area contributed by atoms with Crippen molar-refractivity contribution in [2.24, 2.45) is 7.05 Å². The van der Waals surface area contributed by atoms with Crippen LogP contribution in [0.5, 0.6) is 5.75 Å². The Hall–Kier alpha value is -2.91. The fourth-order valence-corrected chi connectivity index (χ4v) is 5.95. The third kappa shape index (κ3) is 5.36. The van der Waals surface area contributed by atoms with Gasteiger partial charge in [-0.05, 0) is 54.2 Å². The van der Waals surface area contributed by atoms with Gasteiger partial charge in [0.15, 0.2) is 0 Å². The largest absolute Gasteiger partial charge is 0.506 e. The highest BCUT2D eigenvalue weighted by atomic mass is 32.2. The molecule has 2 aromatic carbocycles. The van der Waals surface area contributed by atoms with Crippen LogP contribution in [0.2, 0.25) is 0 Å². The molecule has 1 amide bonds. The number of amides is 1. The molecule has 0 radical (unpaired) electrons. The molecule has 0 aliphatic carbocycles. The van der Waals surface area contributed by atoms with E-state index in [1.165, 1.54) is 0 Å². The van der Waals surface area contributed by atoms with Gasteiger partial charge in [-0.25, -0.2) is 13.4 Å². The molecule has 0 bridgehead atoms. The number of benzene rings is 2. The lowest BCUT2D eigenvalue weighted by Crippen LogP contribution is -2.35. The van der Waals surface area contributed by atoms with Gasteiger partial charge in [-0.2, -0.15) is 4.31 Å². The maximum atomic E-state index is 13.0. The first-order chi connectivity index (χ1) is 16.5. The summed E-state index contributed by atoms with van der Waals surface area (Å²) >= 11 is 0. The number of piperidine rings is 1. The topological polar surface area (TPSA) is 105 Å². The lowest BCUT2D eigenvalue weighted by molar-refractivity contribution is -0.116. The number of carbonyl (C=O) groups excluding carboxylic acids is 1. The monoisotopic (exact) mass is 498 g/mol. The second kappa shape index (κ2) is 9.62. The molecule has 3 aromatic rings. The quantitative estimate of drug-likeness (QED) is 0.493. The van der Waals surface area contributed by atoms with Crippen molar-refractivity contribution >= 4 is 32.7 Å². The number of phenolic OH excluding ortho intramolecular Hbond substituents is 1. The Labute approximate surface area is 207 Å². The highest BCUT2D eigenvalue weighted by Crippen LogP contribution is 2.31. The SMILES string of the molecule is Cn1c(CCC(=O)Nc2cc(C(C)(C)C)ccc2O)nc2cc(S(=O)(=O)N3CCCCC3)ccc21. The molecule has 1 aliphatic heterocycles. The van der Waals surface area contributed by atoms with Gasteiger partial charge in [0.2, 0.25) is 15.9 Å². The average Bonchev–Trinajstić information content (AvgIpc) is 3.14. The molecule has 1 fully saturated rings. The Kier molecular flexibility index (Phi) is 6.92. The number of carbonyl (C=O) groups is 1. The lowest BCUT2D eigenvalue weighted by Gasteiger charge is -2.25. The van der Waals surface area contributed by atoms with E-state index in [9.17, 15) is 18.3 Å². The van der Waals surface area contributed by atoms with Gasteiger partial charge >= 0.3 is 0 Å². The predicted octanol–water partition coefficient (Wildman–Crippen LogP) is 4.32. The molecule has 1 aliphatic rings. The molecule has 2 heterocycles. The zero-order valence-corrected chi connectivity index (χ0v) is 21.7. The number of hydrogen-bond acceptors (Lipinski definition) is 5. The summed E-state index contributed by atoms with van der Waals surface area (Å²) in [7, 11) is -1.68. The Morgan fingerprint density at radius 2 is 1.80 bits per heavy atom. The van der Waals surface area contributed by atoms with E-state index in [-0.39, 0.29) is 28.4 Å². The molecule has 0 saturated carbocycles. The highest BCUT2D eigenvalue weighted by Gasteiger charge is 2.26. The summed E-state index contributed by atoms with van der Waals surface area (Å²) < 4.78 is 29.5. The summed E-state index contributed by atoms with van der Waals surface area (Å²) in [5.74, 6) is 0.485. The Bertz CT molecular complexity index is 1350. The van der Waals surface area contributed by atoms with Crippen LogP contribution in [0.1, 0.15) is 57.8 Å². The summed E-state index contributed by atoms with van der Waals surface area (Å²) in [4.78, 5) is 17.5. The van der Waals surface area contributed by atoms with Crippen LogP contribution in [-0.2, 0) is 33.7 Å². The number of aryl methyl sites for hydroxylation is 2. The summed E-state index contributed by atoms with van der Waals surface area (Å²) in [6, 6.07) is 10.3. The molecule has 35 heavy (non-hydrogen) atoms. The molecule has 0 unspecified atom stereocenters. The van der Waals surface area contributed by atoms with E-state index in [0.717, 1.165) is 30.3 Å². The van der Waals surface area contributed by atoms with Gasteiger partial charge < -0.3 is 15.0 Å².